The molecule has 0 spiro atoms. The van der Waals surface area contributed by atoms with E-state index in [1.54, 1.807) is 4.90 Å². The van der Waals surface area contributed by atoms with E-state index in [9.17, 15) is 4.79 Å². The van der Waals surface area contributed by atoms with Crippen molar-refractivity contribution in [3.8, 4) is 0 Å². The van der Waals surface area contributed by atoms with Gasteiger partial charge in [0.05, 0.1) is 13.2 Å². The number of hydrogen-bond acceptors (Lipinski definition) is 3. The number of hydrogen-bond donors (Lipinski definition) is 0. The highest BCUT2D eigenvalue weighted by Gasteiger charge is 2.24. The molecule has 0 radical (unpaired) electrons. The van der Waals surface area contributed by atoms with Crippen LogP contribution in [-0.4, -0.2) is 42.9 Å². The van der Waals surface area contributed by atoms with E-state index in [1.165, 1.54) is 11.1 Å². The van der Waals surface area contributed by atoms with Gasteiger partial charge in [-0.2, -0.15) is 0 Å². The summed E-state index contributed by atoms with van der Waals surface area (Å²) in [6, 6.07) is 0. The van der Waals surface area contributed by atoms with Gasteiger partial charge in [-0.15, -0.1) is 0 Å². The Morgan fingerprint density at radius 2 is 2.00 bits per heavy atom. The number of amides is 1. The third kappa shape index (κ3) is 4.10. The fourth-order valence-corrected chi connectivity index (χ4v) is 2.27. The maximum Gasteiger partial charge on any atom is 0.410 e. The molecule has 2 aliphatic rings. The van der Waals surface area contributed by atoms with Crippen LogP contribution in [0.4, 0.5) is 4.79 Å². The molecular formula is C15H23NO3. The molecule has 0 aromatic carbocycles. The third-order valence-corrected chi connectivity index (χ3v) is 3.24. The predicted octanol–water partition coefficient (Wildman–Crippen LogP) is 2.90. The van der Waals surface area contributed by atoms with E-state index in [0.29, 0.717) is 13.2 Å². The summed E-state index contributed by atoms with van der Waals surface area (Å²) in [5.41, 5.74) is 2.32. The minimum absolute atomic E-state index is 0.219. The zero-order chi connectivity index (χ0) is 13.9. The molecule has 0 aromatic rings. The monoisotopic (exact) mass is 265 g/mol. The largest absolute Gasteiger partial charge is 0.444 e. The number of rotatable bonds is 1. The normalized spacial score (nSPS) is 20.7. The van der Waals surface area contributed by atoms with Gasteiger partial charge in [-0.1, -0.05) is 12.2 Å². The molecule has 0 aliphatic carbocycles. The van der Waals surface area contributed by atoms with Gasteiger partial charge in [0.25, 0.3) is 0 Å². The molecule has 2 rings (SSSR count). The lowest BCUT2D eigenvalue weighted by Gasteiger charge is -2.30. The molecule has 19 heavy (non-hydrogen) atoms. The second-order valence-corrected chi connectivity index (χ2v) is 5.96. The Morgan fingerprint density at radius 1 is 1.26 bits per heavy atom. The van der Waals surface area contributed by atoms with Crippen molar-refractivity contribution in [3.63, 3.8) is 0 Å². The van der Waals surface area contributed by atoms with Gasteiger partial charge in [-0.25, -0.2) is 4.79 Å². The zero-order valence-corrected chi connectivity index (χ0v) is 12.1. The van der Waals surface area contributed by atoms with E-state index in [-0.39, 0.29) is 6.09 Å². The lowest BCUT2D eigenvalue weighted by molar-refractivity contribution is 0.0266. The van der Waals surface area contributed by atoms with Crippen LogP contribution in [0.25, 0.3) is 0 Å². The van der Waals surface area contributed by atoms with Crippen molar-refractivity contribution < 1.29 is 14.3 Å². The smallest absolute Gasteiger partial charge is 0.410 e. The molecule has 2 heterocycles. The summed E-state index contributed by atoms with van der Waals surface area (Å²) in [6.45, 7) is 8.57. The van der Waals surface area contributed by atoms with Crippen LogP contribution in [0.1, 0.15) is 33.6 Å². The molecule has 0 fully saturated rings. The molecule has 4 nitrogen and oxygen atoms in total. The predicted molar refractivity (Wildman–Crippen MR) is 74.0 cm³/mol. The first kappa shape index (κ1) is 14.1. The van der Waals surface area contributed by atoms with E-state index < -0.39 is 5.60 Å². The molecule has 0 aromatic heterocycles. The van der Waals surface area contributed by atoms with Gasteiger partial charge in [0.15, 0.2) is 0 Å². The third-order valence-electron chi connectivity index (χ3n) is 3.24. The van der Waals surface area contributed by atoms with Crippen molar-refractivity contribution in [2.75, 3.05) is 26.3 Å². The van der Waals surface area contributed by atoms with Crippen LogP contribution in [0.5, 0.6) is 0 Å². The van der Waals surface area contributed by atoms with Crippen molar-refractivity contribution in [1.29, 1.82) is 0 Å². The second-order valence-electron chi connectivity index (χ2n) is 5.96. The minimum atomic E-state index is -0.426. The second kappa shape index (κ2) is 5.78. The SMILES string of the molecule is CC(C)(C)OC(=O)N1CC=C(C2=CCOCC2)CC1. The van der Waals surface area contributed by atoms with Crippen LogP contribution in [0.2, 0.25) is 0 Å². The lowest BCUT2D eigenvalue weighted by atomic mass is 9.96. The Morgan fingerprint density at radius 3 is 2.53 bits per heavy atom. The summed E-state index contributed by atoms with van der Waals surface area (Å²) in [7, 11) is 0. The molecule has 2 aliphatic heterocycles. The summed E-state index contributed by atoms with van der Waals surface area (Å²) >= 11 is 0. The lowest BCUT2D eigenvalue weighted by Crippen LogP contribution is -2.39. The van der Waals surface area contributed by atoms with E-state index >= 15 is 0 Å². The fraction of sp³-hybridized carbons (Fsp3) is 0.667. The van der Waals surface area contributed by atoms with Crippen molar-refractivity contribution >= 4 is 6.09 Å². The Balaban J connectivity index is 1.92. The highest BCUT2D eigenvalue weighted by Crippen LogP contribution is 2.24. The van der Waals surface area contributed by atoms with E-state index in [2.05, 4.69) is 12.2 Å². The maximum absolute atomic E-state index is 11.9. The Bertz CT molecular complexity index is 404. The van der Waals surface area contributed by atoms with E-state index in [4.69, 9.17) is 9.47 Å². The van der Waals surface area contributed by atoms with Gasteiger partial charge in [-0.3, -0.25) is 0 Å². The standard InChI is InChI=1S/C15H23NO3/c1-15(2,3)19-14(17)16-8-4-12(5-9-16)13-6-10-18-11-7-13/h4,6H,5,7-11H2,1-3H3. The minimum Gasteiger partial charge on any atom is -0.444 e. The van der Waals surface area contributed by atoms with Gasteiger partial charge < -0.3 is 14.4 Å². The van der Waals surface area contributed by atoms with Gasteiger partial charge in [0, 0.05) is 13.1 Å². The first-order valence-electron chi connectivity index (χ1n) is 6.90. The molecule has 0 N–H and O–H groups in total. The van der Waals surface area contributed by atoms with Crippen LogP contribution in [-0.2, 0) is 9.47 Å². The van der Waals surface area contributed by atoms with E-state index in [0.717, 1.165) is 26.0 Å². The van der Waals surface area contributed by atoms with Crippen LogP contribution >= 0.6 is 0 Å². The van der Waals surface area contributed by atoms with Gasteiger partial charge in [0.2, 0.25) is 0 Å². The molecular weight excluding hydrogens is 242 g/mol. The zero-order valence-electron chi connectivity index (χ0n) is 12.1. The van der Waals surface area contributed by atoms with Crippen LogP contribution in [0, 0.1) is 0 Å². The molecule has 0 unspecified atom stereocenters. The summed E-state index contributed by atoms with van der Waals surface area (Å²) in [5.74, 6) is 0. The summed E-state index contributed by atoms with van der Waals surface area (Å²) < 4.78 is 10.7. The Labute approximate surface area is 115 Å². The number of nitrogens with zero attached hydrogens (tertiary/aromatic N) is 1. The summed E-state index contributed by atoms with van der Waals surface area (Å²) in [6.07, 6.45) is 5.97. The number of carbonyl (C=O) groups excluding carboxylic acids is 1. The molecule has 0 bridgehead atoms. The fourth-order valence-electron chi connectivity index (χ4n) is 2.27. The molecule has 106 valence electrons. The summed E-state index contributed by atoms with van der Waals surface area (Å²) in [5, 5.41) is 0. The van der Waals surface area contributed by atoms with Crippen LogP contribution in [0.15, 0.2) is 23.3 Å². The quantitative estimate of drug-likeness (QED) is 0.731. The average molecular weight is 265 g/mol. The van der Waals surface area contributed by atoms with Crippen molar-refractivity contribution in [2.45, 2.75) is 39.2 Å². The van der Waals surface area contributed by atoms with E-state index in [1.807, 2.05) is 20.8 Å². The molecule has 4 heteroatoms. The average Bonchev–Trinajstić information content (AvgIpc) is 2.38. The van der Waals surface area contributed by atoms with Gasteiger partial charge in [0.1, 0.15) is 5.60 Å². The molecule has 1 amide bonds. The summed E-state index contributed by atoms with van der Waals surface area (Å²) in [4.78, 5) is 13.7. The topological polar surface area (TPSA) is 38.8 Å². The van der Waals surface area contributed by atoms with Crippen molar-refractivity contribution in [1.82, 2.24) is 4.90 Å². The molecule has 0 saturated carbocycles. The van der Waals surface area contributed by atoms with Gasteiger partial charge in [-0.05, 0) is 44.8 Å². The highest BCUT2D eigenvalue weighted by molar-refractivity contribution is 5.68. The first-order chi connectivity index (χ1) is 8.96. The molecule has 0 atom stereocenters. The van der Waals surface area contributed by atoms with Crippen molar-refractivity contribution in [2.24, 2.45) is 0 Å². The highest BCUT2D eigenvalue weighted by atomic mass is 16.6. The number of ether oxygens (including phenoxy) is 2. The Hall–Kier alpha value is -1.29. The van der Waals surface area contributed by atoms with Crippen LogP contribution in [0.3, 0.4) is 0 Å². The van der Waals surface area contributed by atoms with Crippen LogP contribution < -0.4 is 0 Å². The first-order valence-corrected chi connectivity index (χ1v) is 6.90. The Kier molecular flexibility index (Phi) is 4.30. The number of carbonyl (C=O) groups is 1. The maximum atomic E-state index is 11.9. The molecule has 0 saturated heterocycles. The van der Waals surface area contributed by atoms with Crippen molar-refractivity contribution in [3.05, 3.63) is 23.3 Å². The van der Waals surface area contributed by atoms with Gasteiger partial charge >= 0.3 is 6.09 Å².